The van der Waals surface area contributed by atoms with Crippen molar-refractivity contribution in [3.8, 4) is 0 Å². The Bertz CT molecular complexity index is 549. The van der Waals surface area contributed by atoms with Crippen molar-refractivity contribution in [2.45, 2.75) is 26.1 Å². The zero-order valence-electron chi connectivity index (χ0n) is 10.3. The van der Waals surface area contributed by atoms with E-state index < -0.39 is 11.7 Å². The van der Waals surface area contributed by atoms with E-state index in [1.54, 1.807) is 11.3 Å². The highest BCUT2D eigenvalue weighted by molar-refractivity contribution is 7.12. The van der Waals surface area contributed by atoms with E-state index in [-0.39, 0.29) is 5.82 Å². The highest BCUT2D eigenvalue weighted by Gasteiger charge is 2.30. The summed E-state index contributed by atoms with van der Waals surface area (Å²) in [6, 6.07) is 5.99. The molecule has 2 nitrogen and oxygen atoms in total. The lowest BCUT2D eigenvalue weighted by Crippen LogP contribution is -2.07. The van der Waals surface area contributed by atoms with E-state index in [4.69, 9.17) is 0 Å². The molecule has 19 heavy (non-hydrogen) atoms. The van der Waals surface area contributed by atoms with Crippen molar-refractivity contribution in [3.63, 3.8) is 0 Å². The number of halogens is 3. The Morgan fingerprint density at radius 3 is 2.58 bits per heavy atom. The molecule has 0 atom stereocenters. The summed E-state index contributed by atoms with van der Waals surface area (Å²) in [5.41, 5.74) is -0.689. The van der Waals surface area contributed by atoms with Crippen molar-refractivity contribution in [1.82, 2.24) is 4.98 Å². The van der Waals surface area contributed by atoms with E-state index >= 15 is 0 Å². The summed E-state index contributed by atoms with van der Waals surface area (Å²) < 4.78 is 37.6. The predicted molar refractivity (Wildman–Crippen MR) is 70.3 cm³/mol. The van der Waals surface area contributed by atoms with Crippen LogP contribution in [0.2, 0.25) is 0 Å². The zero-order valence-corrected chi connectivity index (χ0v) is 11.1. The molecule has 2 heterocycles. The number of aryl methyl sites for hydroxylation is 1. The van der Waals surface area contributed by atoms with Gasteiger partial charge in [0.1, 0.15) is 5.82 Å². The Morgan fingerprint density at radius 2 is 1.95 bits per heavy atom. The normalized spacial score (nSPS) is 11.6. The lowest BCUT2D eigenvalue weighted by molar-refractivity contribution is -0.137. The SMILES string of the molecule is CCc1ccc(CNc2cc(C(F)(F)F)ccn2)s1. The highest BCUT2D eigenvalue weighted by Crippen LogP contribution is 2.30. The van der Waals surface area contributed by atoms with E-state index in [2.05, 4.69) is 17.2 Å². The van der Waals surface area contributed by atoms with E-state index in [1.165, 1.54) is 4.88 Å². The van der Waals surface area contributed by atoms with Gasteiger partial charge in [0, 0.05) is 16.0 Å². The predicted octanol–water partition coefficient (Wildman–Crippen LogP) is 4.34. The molecule has 0 amide bonds. The number of thiophene rings is 1. The molecule has 6 heteroatoms. The van der Waals surface area contributed by atoms with Gasteiger partial charge in [-0.2, -0.15) is 13.2 Å². The van der Waals surface area contributed by atoms with Gasteiger partial charge in [-0.3, -0.25) is 0 Å². The molecule has 0 spiro atoms. The first kappa shape index (κ1) is 13.9. The first-order valence-corrected chi connectivity index (χ1v) is 6.65. The largest absolute Gasteiger partial charge is 0.416 e. The minimum Gasteiger partial charge on any atom is -0.365 e. The maximum atomic E-state index is 12.5. The quantitative estimate of drug-likeness (QED) is 0.904. The van der Waals surface area contributed by atoms with Gasteiger partial charge in [0.25, 0.3) is 0 Å². The van der Waals surface area contributed by atoms with Gasteiger partial charge in [0.2, 0.25) is 0 Å². The van der Waals surface area contributed by atoms with E-state index in [9.17, 15) is 13.2 Å². The monoisotopic (exact) mass is 286 g/mol. The molecule has 0 saturated carbocycles. The van der Waals surface area contributed by atoms with Crippen molar-refractivity contribution >= 4 is 17.2 Å². The maximum absolute atomic E-state index is 12.5. The van der Waals surface area contributed by atoms with Crippen molar-refractivity contribution < 1.29 is 13.2 Å². The molecule has 0 aromatic carbocycles. The fourth-order valence-corrected chi connectivity index (χ4v) is 2.49. The first-order valence-electron chi connectivity index (χ1n) is 5.83. The summed E-state index contributed by atoms with van der Waals surface area (Å²) in [6.45, 7) is 2.55. The molecule has 0 aliphatic carbocycles. The summed E-state index contributed by atoms with van der Waals surface area (Å²) in [6.07, 6.45) is -2.21. The third kappa shape index (κ3) is 3.70. The Labute approximate surface area is 113 Å². The van der Waals surface area contributed by atoms with Gasteiger partial charge >= 0.3 is 6.18 Å². The number of hydrogen-bond acceptors (Lipinski definition) is 3. The molecule has 102 valence electrons. The Kier molecular flexibility index (Phi) is 4.09. The second-order valence-corrected chi connectivity index (χ2v) is 5.26. The molecule has 0 saturated heterocycles. The van der Waals surface area contributed by atoms with Gasteiger partial charge in [0.15, 0.2) is 0 Å². The van der Waals surface area contributed by atoms with Crippen LogP contribution in [0.3, 0.4) is 0 Å². The molecule has 2 aromatic rings. The van der Waals surface area contributed by atoms with Crippen LogP contribution in [-0.2, 0) is 19.1 Å². The third-order valence-corrected chi connectivity index (χ3v) is 3.83. The van der Waals surface area contributed by atoms with Crippen LogP contribution in [0.25, 0.3) is 0 Å². The van der Waals surface area contributed by atoms with Crippen molar-refractivity contribution in [2.75, 3.05) is 5.32 Å². The number of nitrogens with one attached hydrogen (secondary N) is 1. The first-order chi connectivity index (χ1) is 8.99. The van der Waals surface area contributed by atoms with Crippen molar-refractivity contribution in [2.24, 2.45) is 0 Å². The molecule has 1 N–H and O–H groups in total. The van der Waals surface area contributed by atoms with Gasteiger partial charge in [-0.15, -0.1) is 11.3 Å². The summed E-state index contributed by atoms with van der Waals surface area (Å²) in [5, 5.41) is 2.91. The van der Waals surface area contributed by atoms with Crippen LogP contribution in [0.4, 0.5) is 19.0 Å². The van der Waals surface area contributed by atoms with Gasteiger partial charge in [-0.1, -0.05) is 6.92 Å². The Hall–Kier alpha value is -1.56. The van der Waals surface area contributed by atoms with Crippen LogP contribution in [0, 0.1) is 0 Å². The third-order valence-electron chi connectivity index (χ3n) is 2.60. The number of aromatic nitrogens is 1. The smallest absolute Gasteiger partial charge is 0.365 e. The molecular weight excluding hydrogens is 273 g/mol. The van der Waals surface area contributed by atoms with Crippen LogP contribution >= 0.6 is 11.3 Å². The van der Waals surface area contributed by atoms with Gasteiger partial charge < -0.3 is 5.32 Å². The lowest BCUT2D eigenvalue weighted by atomic mass is 10.2. The zero-order chi connectivity index (χ0) is 13.9. The van der Waals surface area contributed by atoms with Crippen molar-refractivity contribution in [3.05, 3.63) is 45.8 Å². The molecule has 0 aliphatic heterocycles. The van der Waals surface area contributed by atoms with Crippen LogP contribution in [0.1, 0.15) is 22.2 Å². The maximum Gasteiger partial charge on any atom is 0.416 e. The average Bonchev–Trinajstić information content (AvgIpc) is 2.84. The fourth-order valence-electron chi connectivity index (χ4n) is 1.59. The minimum atomic E-state index is -4.34. The molecule has 0 unspecified atom stereocenters. The molecular formula is C13H13F3N2S. The molecule has 0 aliphatic rings. The summed E-state index contributed by atoms with van der Waals surface area (Å²) in [7, 11) is 0. The highest BCUT2D eigenvalue weighted by atomic mass is 32.1. The van der Waals surface area contributed by atoms with Gasteiger partial charge in [0.05, 0.1) is 12.1 Å². The minimum absolute atomic E-state index is 0.237. The molecule has 0 fully saturated rings. The molecule has 2 aromatic heterocycles. The number of nitrogens with zero attached hydrogens (tertiary/aromatic N) is 1. The molecule has 0 bridgehead atoms. The number of anilines is 1. The summed E-state index contributed by atoms with van der Waals surface area (Å²) in [4.78, 5) is 6.23. The summed E-state index contributed by atoms with van der Waals surface area (Å²) >= 11 is 1.65. The van der Waals surface area contributed by atoms with Gasteiger partial charge in [-0.05, 0) is 30.7 Å². The van der Waals surface area contributed by atoms with Crippen LogP contribution in [-0.4, -0.2) is 4.98 Å². The van der Waals surface area contributed by atoms with E-state index in [0.29, 0.717) is 6.54 Å². The summed E-state index contributed by atoms with van der Waals surface area (Å²) in [5.74, 6) is 0.237. The molecule has 0 radical (unpaired) electrons. The van der Waals surface area contributed by atoms with Crippen LogP contribution in [0.5, 0.6) is 0 Å². The topological polar surface area (TPSA) is 24.9 Å². The second kappa shape index (κ2) is 5.61. The number of hydrogen-bond donors (Lipinski definition) is 1. The van der Waals surface area contributed by atoms with Crippen LogP contribution < -0.4 is 5.32 Å². The second-order valence-electron chi connectivity index (χ2n) is 4.00. The standard InChI is InChI=1S/C13H13F3N2S/c1-2-10-3-4-11(19-10)8-18-12-7-9(5-6-17-12)13(14,15)16/h3-7H,2,8H2,1H3,(H,17,18). The van der Waals surface area contributed by atoms with E-state index in [1.807, 2.05) is 12.1 Å². The number of alkyl halides is 3. The number of pyridine rings is 1. The lowest BCUT2D eigenvalue weighted by Gasteiger charge is -2.09. The fraction of sp³-hybridized carbons (Fsp3) is 0.308. The number of rotatable bonds is 4. The van der Waals surface area contributed by atoms with Gasteiger partial charge in [-0.25, -0.2) is 4.98 Å². The average molecular weight is 286 g/mol. The Balaban J connectivity index is 2.03. The Morgan fingerprint density at radius 1 is 1.21 bits per heavy atom. The molecule has 2 rings (SSSR count). The van der Waals surface area contributed by atoms with E-state index in [0.717, 1.165) is 29.6 Å². The van der Waals surface area contributed by atoms with Crippen molar-refractivity contribution in [1.29, 1.82) is 0 Å². The van der Waals surface area contributed by atoms with Crippen LogP contribution in [0.15, 0.2) is 30.5 Å².